The summed E-state index contributed by atoms with van der Waals surface area (Å²) in [7, 11) is 1.32. The summed E-state index contributed by atoms with van der Waals surface area (Å²) in [5.41, 5.74) is -0.851. The Kier molecular flexibility index (Phi) is 10.4. The summed E-state index contributed by atoms with van der Waals surface area (Å²) in [6.07, 6.45) is 7.36. The summed E-state index contributed by atoms with van der Waals surface area (Å²) in [4.78, 5) is 11.3. The molecule has 0 bridgehead atoms. The number of rotatable bonds is 11. The zero-order valence-corrected chi connectivity index (χ0v) is 14.8. The van der Waals surface area contributed by atoms with Gasteiger partial charge in [0, 0.05) is 0 Å². The molecule has 4 heteroatoms. The fraction of sp³-hybridized carbons (Fsp3) is 0.833. The molecule has 4 atom stereocenters. The van der Waals surface area contributed by atoms with Crippen LogP contribution >= 0.6 is 0 Å². The van der Waals surface area contributed by atoms with Crippen LogP contribution in [-0.2, 0) is 9.53 Å². The van der Waals surface area contributed by atoms with Gasteiger partial charge in [-0.15, -0.1) is 0 Å². The van der Waals surface area contributed by atoms with Gasteiger partial charge in [0.15, 0.2) is 0 Å². The van der Waals surface area contributed by atoms with Gasteiger partial charge >= 0.3 is 5.97 Å². The molecule has 0 fully saturated rings. The molecule has 0 rings (SSSR count). The molecule has 0 radical (unpaired) electrons. The van der Waals surface area contributed by atoms with Crippen molar-refractivity contribution in [1.29, 1.82) is 0 Å². The van der Waals surface area contributed by atoms with Gasteiger partial charge in [0.1, 0.15) is 0 Å². The predicted molar refractivity (Wildman–Crippen MR) is 89.5 cm³/mol. The number of carbonyl (C=O) groups is 1. The monoisotopic (exact) mass is 314 g/mol. The number of aliphatic hydroxyl groups is 2. The molecule has 130 valence electrons. The molecule has 0 unspecified atom stereocenters. The highest BCUT2D eigenvalue weighted by atomic mass is 16.5. The molecular formula is C18H34O4. The largest absolute Gasteiger partial charge is 0.469 e. The first-order valence-electron chi connectivity index (χ1n) is 8.43. The van der Waals surface area contributed by atoms with Crippen molar-refractivity contribution in [3.8, 4) is 0 Å². The van der Waals surface area contributed by atoms with Crippen molar-refractivity contribution in [2.24, 2.45) is 11.8 Å². The van der Waals surface area contributed by atoms with Crippen LogP contribution in [0.25, 0.3) is 0 Å². The van der Waals surface area contributed by atoms with Crippen LogP contribution in [0.15, 0.2) is 12.2 Å². The maximum atomic E-state index is 11.3. The molecule has 0 saturated carbocycles. The first kappa shape index (κ1) is 21.1. The number of hydrogen-bond donors (Lipinski definition) is 2. The first-order valence-corrected chi connectivity index (χ1v) is 8.43. The van der Waals surface area contributed by atoms with Crippen LogP contribution in [0.4, 0.5) is 0 Å². The van der Waals surface area contributed by atoms with Gasteiger partial charge < -0.3 is 14.9 Å². The van der Waals surface area contributed by atoms with Gasteiger partial charge in [-0.05, 0) is 44.4 Å². The van der Waals surface area contributed by atoms with Crippen molar-refractivity contribution in [1.82, 2.24) is 0 Å². The number of esters is 1. The van der Waals surface area contributed by atoms with Gasteiger partial charge in [-0.3, -0.25) is 4.79 Å². The van der Waals surface area contributed by atoms with Crippen molar-refractivity contribution in [2.75, 3.05) is 7.11 Å². The van der Waals surface area contributed by atoms with Gasteiger partial charge in [0.2, 0.25) is 0 Å². The van der Waals surface area contributed by atoms with E-state index in [9.17, 15) is 15.0 Å². The van der Waals surface area contributed by atoms with E-state index in [0.29, 0.717) is 18.8 Å². The van der Waals surface area contributed by atoms with E-state index in [2.05, 4.69) is 30.7 Å². The summed E-state index contributed by atoms with van der Waals surface area (Å²) >= 11 is 0. The SMILES string of the molecule is CC/C=C/[C@H](CC)C[C@@](C)(O)C[C@@H](CC)[C@H](O)CC(=O)OC. The molecule has 0 saturated heterocycles. The van der Waals surface area contributed by atoms with Crippen LogP contribution in [0.2, 0.25) is 0 Å². The Morgan fingerprint density at radius 2 is 1.86 bits per heavy atom. The molecule has 0 aromatic heterocycles. The number of methoxy groups -OCH3 is 1. The molecule has 0 spiro atoms. The van der Waals surface area contributed by atoms with Crippen LogP contribution in [-0.4, -0.2) is 35.0 Å². The Labute approximate surface area is 135 Å². The topological polar surface area (TPSA) is 66.8 Å². The average molecular weight is 314 g/mol. The van der Waals surface area contributed by atoms with Crippen LogP contribution < -0.4 is 0 Å². The fourth-order valence-corrected chi connectivity index (χ4v) is 2.86. The van der Waals surface area contributed by atoms with Gasteiger partial charge in [-0.25, -0.2) is 0 Å². The highest BCUT2D eigenvalue weighted by molar-refractivity contribution is 5.69. The van der Waals surface area contributed by atoms with Crippen molar-refractivity contribution in [3.63, 3.8) is 0 Å². The Balaban J connectivity index is 4.68. The standard InChI is InChI=1S/C18H34O4/c1-6-9-10-14(7-2)12-18(4,21)13-15(8-3)16(19)11-17(20)22-5/h9-10,14-16,19,21H,6-8,11-13H2,1-5H3/b10-9+/t14-,15+,16+,18+/m0/s1. The Bertz CT molecular complexity index is 336. The van der Waals surface area contributed by atoms with Crippen LogP contribution in [0, 0.1) is 11.8 Å². The third kappa shape index (κ3) is 8.54. The molecule has 2 N–H and O–H groups in total. The maximum Gasteiger partial charge on any atom is 0.308 e. The van der Waals surface area contributed by atoms with Crippen LogP contribution in [0.3, 0.4) is 0 Å². The first-order chi connectivity index (χ1) is 10.3. The predicted octanol–water partition coefficient (Wildman–Crippen LogP) is 3.46. The van der Waals surface area contributed by atoms with Crippen molar-refractivity contribution < 1.29 is 19.7 Å². The molecular weight excluding hydrogens is 280 g/mol. The number of allylic oxidation sites excluding steroid dienone is 2. The summed E-state index contributed by atoms with van der Waals surface area (Å²) in [5, 5.41) is 20.9. The van der Waals surface area contributed by atoms with Crippen LogP contribution in [0.1, 0.15) is 66.2 Å². The molecule has 0 aromatic carbocycles. The highest BCUT2D eigenvalue weighted by Crippen LogP contribution is 2.30. The quantitative estimate of drug-likeness (QED) is 0.453. The van der Waals surface area contributed by atoms with E-state index in [1.807, 2.05) is 13.8 Å². The van der Waals surface area contributed by atoms with E-state index in [4.69, 9.17) is 0 Å². The third-order valence-corrected chi connectivity index (χ3v) is 4.24. The van der Waals surface area contributed by atoms with E-state index in [1.165, 1.54) is 7.11 Å². The summed E-state index contributed by atoms with van der Waals surface area (Å²) < 4.78 is 4.60. The Morgan fingerprint density at radius 3 is 2.32 bits per heavy atom. The van der Waals surface area contributed by atoms with Crippen molar-refractivity contribution >= 4 is 5.97 Å². The number of ether oxygens (including phenoxy) is 1. The van der Waals surface area contributed by atoms with Crippen LogP contribution in [0.5, 0.6) is 0 Å². The Morgan fingerprint density at radius 1 is 1.23 bits per heavy atom. The van der Waals surface area contributed by atoms with Gasteiger partial charge in [0.05, 0.1) is 25.2 Å². The summed E-state index contributed by atoms with van der Waals surface area (Å²) in [6, 6.07) is 0. The Hall–Kier alpha value is -0.870. The molecule has 0 aliphatic heterocycles. The minimum atomic E-state index is -0.851. The van der Waals surface area contributed by atoms with Crippen molar-refractivity contribution in [3.05, 3.63) is 12.2 Å². The van der Waals surface area contributed by atoms with E-state index in [-0.39, 0.29) is 12.3 Å². The molecule has 0 aliphatic rings. The molecule has 0 aliphatic carbocycles. The molecule has 22 heavy (non-hydrogen) atoms. The lowest BCUT2D eigenvalue weighted by Crippen LogP contribution is -2.35. The second-order valence-corrected chi connectivity index (χ2v) is 6.43. The smallest absolute Gasteiger partial charge is 0.308 e. The molecule has 0 heterocycles. The van der Waals surface area contributed by atoms with E-state index in [1.54, 1.807) is 0 Å². The molecule has 4 nitrogen and oxygen atoms in total. The van der Waals surface area contributed by atoms with E-state index in [0.717, 1.165) is 19.3 Å². The zero-order valence-electron chi connectivity index (χ0n) is 14.8. The lowest BCUT2D eigenvalue weighted by Gasteiger charge is -2.32. The minimum absolute atomic E-state index is 0.0158. The lowest BCUT2D eigenvalue weighted by molar-refractivity contribution is -0.144. The second-order valence-electron chi connectivity index (χ2n) is 6.43. The normalized spacial score (nSPS) is 18.7. The molecule has 0 aromatic rings. The number of aliphatic hydroxyl groups excluding tert-OH is 1. The highest BCUT2D eigenvalue weighted by Gasteiger charge is 2.31. The summed E-state index contributed by atoms with van der Waals surface area (Å²) in [5.74, 6) is -0.185. The van der Waals surface area contributed by atoms with Gasteiger partial charge in [-0.2, -0.15) is 0 Å². The number of carbonyl (C=O) groups excluding carboxylic acids is 1. The van der Waals surface area contributed by atoms with Gasteiger partial charge in [0.25, 0.3) is 0 Å². The van der Waals surface area contributed by atoms with Crippen molar-refractivity contribution in [2.45, 2.75) is 77.9 Å². The number of hydrogen-bond acceptors (Lipinski definition) is 4. The average Bonchev–Trinajstić information content (AvgIpc) is 2.48. The van der Waals surface area contributed by atoms with E-state index < -0.39 is 17.7 Å². The van der Waals surface area contributed by atoms with Gasteiger partial charge in [-0.1, -0.05) is 39.3 Å². The minimum Gasteiger partial charge on any atom is -0.469 e. The fourth-order valence-electron chi connectivity index (χ4n) is 2.86. The summed E-state index contributed by atoms with van der Waals surface area (Å²) in [6.45, 7) is 8.00. The second kappa shape index (κ2) is 10.8. The zero-order chi connectivity index (χ0) is 17.2. The lowest BCUT2D eigenvalue weighted by atomic mass is 9.80. The molecule has 0 amide bonds. The maximum absolute atomic E-state index is 11.3. The van der Waals surface area contributed by atoms with E-state index >= 15 is 0 Å². The third-order valence-electron chi connectivity index (χ3n) is 4.24.